The lowest BCUT2D eigenvalue weighted by molar-refractivity contribution is -0.119. The normalized spacial score (nSPS) is 10.6. The predicted octanol–water partition coefficient (Wildman–Crippen LogP) is 4.62. The van der Waals surface area contributed by atoms with Crippen molar-refractivity contribution in [1.29, 1.82) is 0 Å². The van der Waals surface area contributed by atoms with E-state index in [0.29, 0.717) is 0 Å². The monoisotopic (exact) mass is 344 g/mol. The Morgan fingerprint density at radius 3 is 2.00 bits per heavy atom. The molecule has 3 nitrogen and oxygen atoms in total. The lowest BCUT2D eigenvalue weighted by Gasteiger charge is -2.20. The van der Waals surface area contributed by atoms with Crippen LogP contribution in [0.3, 0.4) is 0 Å². The Morgan fingerprint density at radius 2 is 1.42 bits per heavy atom. The quantitative estimate of drug-likeness (QED) is 0.685. The number of amides is 1. The molecule has 2 N–H and O–H groups in total. The lowest BCUT2D eigenvalue weighted by Crippen LogP contribution is -2.34. The Kier molecular flexibility index (Phi) is 5.69. The number of aryl methyl sites for hydroxylation is 2. The second kappa shape index (κ2) is 8.34. The molecular weight excluding hydrogens is 320 g/mol. The van der Waals surface area contributed by atoms with Gasteiger partial charge in [-0.25, -0.2) is 0 Å². The summed E-state index contributed by atoms with van der Waals surface area (Å²) in [6, 6.07) is 26.1. The van der Waals surface area contributed by atoms with Gasteiger partial charge in [-0.05, 0) is 42.2 Å². The number of carbonyl (C=O) groups is 1. The van der Waals surface area contributed by atoms with Crippen LogP contribution in [0.5, 0.6) is 0 Å². The van der Waals surface area contributed by atoms with E-state index in [1.807, 2.05) is 74.5 Å². The maximum atomic E-state index is 12.6. The first kappa shape index (κ1) is 17.7. The summed E-state index contributed by atoms with van der Waals surface area (Å²) in [5.41, 5.74) is 5.43. The molecule has 0 aromatic heterocycles. The van der Waals surface area contributed by atoms with Gasteiger partial charge in [-0.15, -0.1) is 0 Å². The van der Waals surface area contributed by atoms with Gasteiger partial charge in [0.1, 0.15) is 0 Å². The van der Waals surface area contributed by atoms with Crippen LogP contribution in [0.15, 0.2) is 78.9 Å². The first-order valence-corrected chi connectivity index (χ1v) is 8.84. The SMILES string of the molecule is Cc1ccc(C)c(NCC(=O)NC(c2ccccc2)c2ccccc2)c1. The first-order chi connectivity index (χ1) is 12.6. The summed E-state index contributed by atoms with van der Waals surface area (Å²) in [5.74, 6) is -0.0383. The molecule has 0 atom stereocenters. The van der Waals surface area contributed by atoms with Crippen molar-refractivity contribution in [2.45, 2.75) is 19.9 Å². The summed E-state index contributed by atoms with van der Waals surface area (Å²) in [5, 5.41) is 6.40. The molecule has 1 amide bonds. The number of hydrogen-bond acceptors (Lipinski definition) is 2. The summed E-state index contributed by atoms with van der Waals surface area (Å²) >= 11 is 0. The molecule has 0 saturated heterocycles. The van der Waals surface area contributed by atoms with Gasteiger partial charge in [0.25, 0.3) is 0 Å². The number of carbonyl (C=O) groups excluding carboxylic acids is 1. The van der Waals surface area contributed by atoms with Crippen LogP contribution >= 0.6 is 0 Å². The van der Waals surface area contributed by atoms with E-state index in [1.54, 1.807) is 0 Å². The van der Waals surface area contributed by atoms with E-state index in [9.17, 15) is 4.79 Å². The van der Waals surface area contributed by atoms with E-state index in [0.717, 1.165) is 22.4 Å². The number of rotatable bonds is 6. The van der Waals surface area contributed by atoms with Gasteiger partial charge in [0, 0.05) is 5.69 Å². The third-order valence-electron chi connectivity index (χ3n) is 4.40. The Balaban J connectivity index is 1.72. The van der Waals surface area contributed by atoms with Gasteiger partial charge in [-0.2, -0.15) is 0 Å². The van der Waals surface area contributed by atoms with Gasteiger partial charge in [-0.3, -0.25) is 4.79 Å². The Hall–Kier alpha value is -3.07. The van der Waals surface area contributed by atoms with Crippen LogP contribution in [0.25, 0.3) is 0 Å². The third-order valence-corrected chi connectivity index (χ3v) is 4.40. The highest BCUT2D eigenvalue weighted by molar-refractivity contribution is 5.81. The summed E-state index contributed by atoms with van der Waals surface area (Å²) in [6.45, 7) is 4.32. The second-order valence-corrected chi connectivity index (χ2v) is 6.49. The molecule has 0 aliphatic rings. The molecule has 3 aromatic rings. The van der Waals surface area contributed by atoms with Gasteiger partial charge in [0.15, 0.2) is 0 Å². The summed E-state index contributed by atoms with van der Waals surface area (Å²) in [7, 11) is 0. The molecule has 3 rings (SSSR count). The van der Waals surface area contributed by atoms with Gasteiger partial charge < -0.3 is 10.6 Å². The molecule has 26 heavy (non-hydrogen) atoms. The highest BCUT2D eigenvalue weighted by Crippen LogP contribution is 2.22. The average Bonchev–Trinajstić information content (AvgIpc) is 2.68. The summed E-state index contributed by atoms with van der Waals surface area (Å²) in [6.07, 6.45) is 0. The van der Waals surface area contributed by atoms with Crippen LogP contribution in [0.2, 0.25) is 0 Å². The molecule has 0 radical (unpaired) electrons. The van der Waals surface area contributed by atoms with E-state index < -0.39 is 0 Å². The highest BCUT2D eigenvalue weighted by atomic mass is 16.1. The number of benzene rings is 3. The molecule has 3 aromatic carbocycles. The molecule has 0 aliphatic carbocycles. The molecule has 0 heterocycles. The molecule has 0 bridgehead atoms. The smallest absolute Gasteiger partial charge is 0.240 e. The Bertz CT molecular complexity index is 820. The van der Waals surface area contributed by atoms with E-state index >= 15 is 0 Å². The van der Waals surface area contributed by atoms with Gasteiger partial charge >= 0.3 is 0 Å². The minimum Gasteiger partial charge on any atom is -0.376 e. The van der Waals surface area contributed by atoms with Gasteiger partial charge in [0.2, 0.25) is 5.91 Å². The fourth-order valence-corrected chi connectivity index (χ4v) is 2.96. The fraction of sp³-hybridized carbons (Fsp3) is 0.174. The lowest BCUT2D eigenvalue weighted by atomic mass is 9.99. The minimum atomic E-state index is -0.162. The largest absolute Gasteiger partial charge is 0.376 e. The third kappa shape index (κ3) is 4.51. The van der Waals surface area contributed by atoms with E-state index in [-0.39, 0.29) is 18.5 Å². The van der Waals surface area contributed by atoms with Crippen LogP contribution in [-0.2, 0) is 4.79 Å². The molecule has 0 unspecified atom stereocenters. The van der Waals surface area contributed by atoms with Crippen LogP contribution in [0.4, 0.5) is 5.69 Å². The van der Waals surface area contributed by atoms with E-state index in [4.69, 9.17) is 0 Å². The predicted molar refractivity (Wildman–Crippen MR) is 107 cm³/mol. The fourth-order valence-electron chi connectivity index (χ4n) is 2.96. The maximum absolute atomic E-state index is 12.6. The summed E-state index contributed by atoms with van der Waals surface area (Å²) in [4.78, 5) is 12.6. The number of anilines is 1. The standard InChI is InChI=1S/C23H24N2O/c1-17-13-14-18(2)21(15-17)24-16-22(26)25-23(19-9-5-3-6-10-19)20-11-7-4-8-12-20/h3-15,23-24H,16H2,1-2H3,(H,25,26). The molecule has 0 aliphatic heterocycles. The van der Waals surface area contributed by atoms with Crippen LogP contribution in [0, 0.1) is 13.8 Å². The van der Waals surface area contributed by atoms with Crippen molar-refractivity contribution in [3.63, 3.8) is 0 Å². The van der Waals surface area contributed by atoms with Crippen LogP contribution in [-0.4, -0.2) is 12.5 Å². The van der Waals surface area contributed by atoms with Crippen LogP contribution < -0.4 is 10.6 Å². The van der Waals surface area contributed by atoms with Crippen LogP contribution in [0.1, 0.15) is 28.3 Å². The molecule has 3 heteroatoms. The van der Waals surface area contributed by atoms with Crippen molar-refractivity contribution in [2.24, 2.45) is 0 Å². The Labute approximate surface area is 155 Å². The maximum Gasteiger partial charge on any atom is 0.240 e. The molecule has 132 valence electrons. The van der Waals surface area contributed by atoms with Crippen molar-refractivity contribution in [3.8, 4) is 0 Å². The van der Waals surface area contributed by atoms with Crippen molar-refractivity contribution in [3.05, 3.63) is 101 Å². The average molecular weight is 344 g/mol. The van der Waals surface area contributed by atoms with Gasteiger partial charge in [0.05, 0.1) is 12.6 Å². The Morgan fingerprint density at radius 1 is 0.846 bits per heavy atom. The zero-order chi connectivity index (χ0) is 18.4. The van der Waals surface area contributed by atoms with E-state index in [2.05, 4.69) is 28.8 Å². The van der Waals surface area contributed by atoms with Gasteiger partial charge in [-0.1, -0.05) is 72.8 Å². The van der Waals surface area contributed by atoms with Crippen molar-refractivity contribution >= 4 is 11.6 Å². The molecule has 0 fully saturated rings. The van der Waals surface area contributed by atoms with Crippen molar-refractivity contribution in [2.75, 3.05) is 11.9 Å². The highest BCUT2D eigenvalue weighted by Gasteiger charge is 2.16. The topological polar surface area (TPSA) is 41.1 Å². The number of nitrogens with one attached hydrogen (secondary N) is 2. The van der Waals surface area contributed by atoms with E-state index in [1.165, 1.54) is 5.56 Å². The van der Waals surface area contributed by atoms with Crippen molar-refractivity contribution in [1.82, 2.24) is 5.32 Å². The molecule has 0 saturated carbocycles. The second-order valence-electron chi connectivity index (χ2n) is 6.49. The summed E-state index contributed by atoms with van der Waals surface area (Å²) < 4.78 is 0. The molecule has 0 spiro atoms. The first-order valence-electron chi connectivity index (χ1n) is 8.84. The molecular formula is C23H24N2O. The minimum absolute atomic E-state index is 0.0383. The van der Waals surface area contributed by atoms with Crippen molar-refractivity contribution < 1.29 is 4.79 Å². The zero-order valence-corrected chi connectivity index (χ0v) is 15.2. The zero-order valence-electron chi connectivity index (χ0n) is 15.2. The number of hydrogen-bond donors (Lipinski definition) is 2.